The van der Waals surface area contributed by atoms with Crippen LogP contribution in [0.15, 0.2) is 30.7 Å². The Morgan fingerprint density at radius 1 is 1.39 bits per heavy atom. The van der Waals surface area contributed by atoms with E-state index in [0.717, 1.165) is 5.69 Å². The fourth-order valence-electron chi connectivity index (χ4n) is 1.80. The van der Waals surface area contributed by atoms with E-state index in [9.17, 15) is 4.79 Å². The number of hydrogen-bond donors (Lipinski definition) is 0. The lowest BCUT2D eigenvalue weighted by atomic mass is 10.1. The Labute approximate surface area is 105 Å². The summed E-state index contributed by atoms with van der Waals surface area (Å²) in [6.07, 6.45) is 5.98. The molecule has 2 rings (SSSR count). The van der Waals surface area contributed by atoms with Gasteiger partial charge >= 0.3 is 0 Å². The maximum Gasteiger partial charge on any atom is 0.167 e. The molecule has 0 spiro atoms. The Hall–Kier alpha value is -2.17. The van der Waals surface area contributed by atoms with E-state index in [-0.39, 0.29) is 5.78 Å². The van der Waals surface area contributed by atoms with Crippen LogP contribution in [0.4, 0.5) is 0 Å². The molecule has 2 aromatic rings. The summed E-state index contributed by atoms with van der Waals surface area (Å²) in [5.74, 6) is 0.572. The van der Waals surface area contributed by atoms with Crippen LogP contribution in [0.1, 0.15) is 22.5 Å². The van der Waals surface area contributed by atoms with Crippen LogP contribution in [-0.4, -0.2) is 27.7 Å². The third-order valence-electron chi connectivity index (χ3n) is 2.84. The van der Waals surface area contributed by atoms with Crippen LogP contribution in [0.3, 0.4) is 0 Å². The zero-order valence-corrected chi connectivity index (χ0v) is 10.5. The summed E-state index contributed by atoms with van der Waals surface area (Å²) < 4.78 is 6.90. The number of carbonyl (C=O) groups is 1. The van der Waals surface area contributed by atoms with Gasteiger partial charge in [-0.1, -0.05) is 0 Å². The van der Waals surface area contributed by atoms with Crippen molar-refractivity contribution in [3.05, 3.63) is 42.0 Å². The van der Waals surface area contributed by atoms with Crippen molar-refractivity contribution in [2.75, 3.05) is 7.11 Å². The predicted molar refractivity (Wildman–Crippen MR) is 66.6 cm³/mol. The zero-order valence-electron chi connectivity index (χ0n) is 10.5. The zero-order chi connectivity index (χ0) is 13.0. The van der Waals surface area contributed by atoms with Crippen molar-refractivity contribution >= 4 is 5.78 Å². The number of carbonyl (C=O) groups excluding carboxylic acids is 1. The van der Waals surface area contributed by atoms with Crippen LogP contribution >= 0.6 is 0 Å². The van der Waals surface area contributed by atoms with Gasteiger partial charge in [0.15, 0.2) is 5.78 Å². The third-order valence-corrected chi connectivity index (χ3v) is 2.84. The van der Waals surface area contributed by atoms with Crippen molar-refractivity contribution < 1.29 is 9.53 Å². The Balaban J connectivity index is 2.06. The van der Waals surface area contributed by atoms with Gasteiger partial charge in [0.2, 0.25) is 0 Å². The second-order valence-electron chi connectivity index (χ2n) is 3.95. The van der Waals surface area contributed by atoms with Crippen LogP contribution in [0.25, 0.3) is 0 Å². The molecule has 5 heteroatoms. The summed E-state index contributed by atoms with van der Waals surface area (Å²) in [6.45, 7) is 0. The minimum atomic E-state index is 0.0513. The van der Waals surface area contributed by atoms with Gasteiger partial charge in [-0.15, -0.1) is 0 Å². The molecule has 0 N–H and O–H groups in total. The van der Waals surface area contributed by atoms with Gasteiger partial charge in [0.1, 0.15) is 5.75 Å². The maximum absolute atomic E-state index is 12.1. The second kappa shape index (κ2) is 5.44. The molecule has 0 aliphatic carbocycles. The Morgan fingerprint density at radius 3 is 2.89 bits per heavy atom. The summed E-state index contributed by atoms with van der Waals surface area (Å²) in [4.78, 5) is 16.0. The SMILES string of the molecule is COc1cnccc1C(=O)CCc1ccnn1C. The molecular formula is C13H15N3O2. The first kappa shape index (κ1) is 12.3. The molecule has 0 radical (unpaired) electrons. The number of methoxy groups -OCH3 is 1. The van der Waals surface area contributed by atoms with Gasteiger partial charge in [0, 0.05) is 31.6 Å². The second-order valence-corrected chi connectivity index (χ2v) is 3.95. The number of ether oxygens (including phenoxy) is 1. The van der Waals surface area contributed by atoms with Crippen LogP contribution in [-0.2, 0) is 13.5 Å². The lowest BCUT2D eigenvalue weighted by Gasteiger charge is -2.06. The highest BCUT2D eigenvalue weighted by Gasteiger charge is 2.12. The van der Waals surface area contributed by atoms with Gasteiger partial charge in [-0.2, -0.15) is 5.10 Å². The number of Topliss-reactive ketones (excluding diaryl/α,β-unsaturated/α-hetero) is 1. The summed E-state index contributed by atoms with van der Waals surface area (Å²) in [6, 6.07) is 3.60. The van der Waals surface area contributed by atoms with Crippen molar-refractivity contribution in [2.45, 2.75) is 12.8 Å². The average Bonchev–Trinajstić information content (AvgIpc) is 2.81. The van der Waals surface area contributed by atoms with E-state index in [2.05, 4.69) is 10.1 Å². The van der Waals surface area contributed by atoms with E-state index < -0.39 is 0 Å². The molecule has 0 saturated heterocycles. The van der Waals surface area contributed by atoms with Crippen LogP contribution in [0.5, 0.6) is 5.75 Å². The highest BCUT2D eigenvalue weighted by atomic mass is 16.5. The monoisotopic (exact) mass is 245 g/mol. The van der Waals surface area contributed by atoms with Crippen molar-refractivity contribution in [2.24, 2.45) is 7.05 Å². The van der Waals surface area contributed by atoms with Gasteiger partial charge in [0.05, 0.1) is 18.9 Å². The molecular weight excluding hydrogens is 230 g/mol. The molecule has 18 heavy (non-hydrogen) atoms. The molecule has 0 fully saturated rings. The average molecular weight is 245 g/mol. The molecule has 0 aliphatic heterocycles. The first-order valence-corrected chi connectivity index (χ1v) is 5.70. The van der Waals surface area contributed by atoms with Crippen LogP contribution < -0.4 is 4.74 Å². The highest BCUT2D eigenvalue weighted by molar-refractivity contribution is 5.98. The molecule has 94 valence electrons. The first-order valence-electron chi connectivity index (χ1n) is 5.70. The number of rotatable bonds is 5. The van der Waals surface area contributed by atoms with E-state index >= 15 is 0 Å². The molecule has 5 nitrogen and oxygen atoms in total. The standard InChI is InChI=1S/C13H15N3O2/c1-16-10(5-8-15-16)3-4-12(17)11-6-7-14-9-13(11)18-2/h5-9H,3-4H2,1-2H3. The van der Waals surface area contributed by atoms with E-state index in [4.69, 9.17) is 4.74 Å². The molecule has 2 aromatic heterocycles. The number of pyridine rings is 1. The smallest absolute Gasteiger partial charge is 0.167 e. The lowest BCUT2D eigenvalue weighted by molar-refractivity contribution is 0.0979. The van der Waals surface area contributed by atoms with Crippen molar-refractivity contribution in [1.82, 2.24) is 14.8 Å². The molecule has 0 aromatic carbocycles. The van der Waals surface area contributed by atoms with Gasteiger partial charge < -0.3 is 4.74 Å². The molecule has 2 heterocycles. The lowest BCUT2D eigenvalue weighted by Crippen LogP contribution is -2.06. The minimum Gasteiger partial charge on any atom is -0.494 e. The minimum absolute atomic E-state index is 0.0513. The van der Waals surface area contributed by atoms with E-state index in [0.29, 0.717) is 24.2 Å². The molecule has 0 aliphatic rings. The van der Waals surface area contributed by atoms with Gasteiger partial charge in [-0.25, -0.2) is 0 Å². The Kier molecular flexibility index (Phi) is 3.72. The summed E-state index contributed by atoms with van der Waals surface area (Å²) in [5, 5.41) is 4.07. The summed E-state index contributed by atoms with van der Waals surface area (Å²) in [7, 11) is 3.40. The fourth-order valence-corrected chi connectivity index (χ4v) is 1.80. The number of ketones is 1. The van der Waals surface area contributed by atoms with Gasteiger partial charge in [-0.3, -0.25) is 14.5 Å². The van der Waals surface area contributed by atoms with Crippen LogP contribution in [0, 0.1) is 0 Å². The third kappa shape index (κ3) is 2.56. The van der Waals surface area contributed by atoms with Gasteiger partial charge in [-0.05, 0) is 18.6 Å². The molecule has 0 atom stereocenters. The van der Waals surface area contributed by atoms with Gasteiger partial charge in [0.25, 0.3) is 0 Å². The number of hydrogen-bond acceptors (Lipinski definition) is 4. The normalized spacial score (nSPS) is 10.3. The summed E-state index contributed by atoms with van der Waals surface area (Å²) >= 11 is 0. The van der Waals surface area contributed by atoms with Crippen molar-refractivity contribution in [3.63, 3.8) is 0 Å². The summed E-state index contributed by atoms with van der Waals surface area (Å²) in [5.41, 5.74) is 1.62. The van der Waals surface area contributed by atoms with Crippen molar-refractivity contribution in [3.8, 4) is 5.75 Å². The first-order chi connectivity index (χ1) is 8.72. The van der Waals surface area contributed by atoms with E-state index in [1.54, 1.807) is 29.3 Å². The molecule has 0 bridgehead atoms. The topological polar surface area (TPSA) is 57.0 Å². The molecule has 0 unspecified atom stereocenters. The molecule has 0 saturated carbocycles. The largest absolute Gasteiger partial charge is 0.494 e. The van der Waals surface area contributed by atoms with E-state index in [1.165, 1.54) is 7.11 Å². The predicted octanol–water partition coefficient (Wildman–Crippen LogP) is 1.64. The number of aryl methyl sites for hydroxylation is 2. The number of aromatic nitrogens is 3. The number of nitrogens with zero attached hydrogens (tertiary/aromatic N) is 3. The quantitative estimate of drug-likeness (QED) is 0.751. The van der Waals surface area contributed by atoms with Crippen LogP contribution in [0.2, 0.25) is 0 Å². The Morgan fingerprint density at radius 2 is 2.22 bits per heavy atom. The molecule has 0 amide bonds. The Bertz CT molecular complexity index is 549. The fraction of sp³-hybridized carbons (Fsp3) is 0.308. The maximum atomic E-state index is 12.1. The van der Waals surface area contributed by atoms with Crippen molar-refractivity contribution in [1.29, 1.82) is 0 Å². The van der Waals surface area contributed by atoms with E-state index in [1.807, 2.05) is 13.1 Å². The highest BCUT2D eigenvalue weighted by Crippen LogP contribution is 2.18.